The molecule has 1 atom stereocenters. The number of thiophene rings is 1. The molecule has 28 heavy (non-hydrogen) atoms. The zero-order chi connectivity index (χ0) is 19.5. The van der Waals surface area contributed by atoms with Gasteiger partial charge in [0.1, 0.15) is 5.37 Å². The number of anilines is 2. The van der Waals surface area contributed by atoms with Crippen molar-refractivity contribution in [2.45, 2.75) is 18.7 Å². The van der Waals surface area contributed by atoms with E-state index in [1.165, 1.54) is 16.9 Å². The number of benzene rings is 2. The lowest BCUT2D eigenvalue weighted by molar-refractivity contribution is -0.115. The molecule has 0 spiro atoms. The molecule has 1 saturated heterocycles. The molecule has 0 aliphatic carbocycles. The molecule has 4 nitrogen and oxygen atoms in total. The number of aryl methyl sites for hydroxylation is 1. The third kappa shape index (κ3) is 3.84. The average molecular weight is 409 g/mol. The molecule has 0 bridgehead atoms. The van der Waals surface area contributed by atoms with E-state index in [1.807, 2.05) is 52.7 Å². The molecule has 142 valence electrons. The van der Waals surface area contributed by atoms with E-state index in [2.05, 4.69) is 24.4 Å². The molecule has 1 aromatic heterocycles. The number of hydrogen-bond donors (Lipinski definition) is 1. The van der Waals surface area contributed by atoms with Gasteiger partial charge in [-0.2, -0.15) is 0 Å². The first-order chi connectivity index (χ1) is 13.7. The normalized spacial score (nSPS) is 16.4. The molecule has 1 N–H and O–H groups in total. The highest BCUT2D eigenvalue weighted by molar-refractivity contribution is 8.00. The first kappa shape index (κ1) is 18.8. The van der Waals surface area contributed by atoms with Gasteiger partial charge in [-0.3, -0.25) is 14.5 Å². The number of hydrogen-bond acceptors (Lipinski definition) is 4. The summed E-state index contributed by atoms with van der Waals surface area (Å²) in [6.07, 6.45) is 0.937. The monoisotopic (exact) mass is 408 g/mol. The summed E-state index contributed by atoms with van der Waals surface area (Å²) in [5.74, 6) is 0.488. The maximum Gasteiger partial charge on any atom is 0.265 e. The number of carbonyl (C=O) groups is 2. The second-order valence-corrected chi connectivity index (χ2v) is 8.52. The van der Waals surface area contributed by atoms with Gasteiger partial charge >= 0.3 is 0 Å². The molecule has 2 amide bonds. The number of amides is 2. The molecule has 4 rings (SSSR count). The topological polar surface area (TPSA) is 49.4 Å². The summed E-state index contributed by atoms with van der Waals surface area (Å²) in [5, 5.41) is 4.74. The van der Waals surface area contributed by atoms with Crippen LogP contribution in [-0.4, -0.2) is 17.6 Å². The lowest BCUT2D eigenvalue weighted by Crippen LogP contribution is -2.27. The fraction of sp³-hybridized carbons (Fsp3) is 0.182. The number of carbonyl (C=O) groups excluding carboxylic acids is 2. The van der Waals surface area contributed by atoms with Crippen molar-refractivity contribution >= 4 is 46.3 Å². The Bertz CT molecular complexity index is 984. The molecule has 3 aromatic rings. The number of thioether (sulfide) groups is 1. The molecule has 0 radical (unpaired) electrons. The van der Waals surface area contributed by atoms with Crippen LogP contribution < -0.4 is 10.2 Å². The molecule has 1 aliphatic rings. The maximum absolute atomic E-state index is 12.6. The summed E-state index contributed by atoms with van der Waals surface area (Å²) in [4.78, 5) is 27.3. The minimum atomic E-state index is -0.105. The molecule has 2 aromatic carbocycles. The van der Waals surface area contributed by atoms with Crippen LogP contribution in [0.25, 0.3) is 0 Å². The van der Waals surface area contributed by atoms with Gasteiger partial charge < -0.3 is 5.32 Å². The van der Waals surface area contributed by atoms with Gasteiger partial charge in [0.25, 0.3) is 5.91 Å². The van der Waals surface area contributed by atoms with E-state index in [-0.39, 0.29) is 17.2 Å². The van der Waals surface area contributed by atoms with Crippen LogP contribution in [0.5, 0.6) is 0 Å². The van der Waals surface area contributed by atoms with Crippen LogP contribution in [0.2, 0.25) is 0 Å². The van der Waals surface area contributed by atoms with Gasteiger partial charge in [0, 0.05) is 11.4 Å². The van der Waals surface area contributed by atoms with Gasteiger partial charge in [0.2, 0.25) is 5.91 Å². The van der Waals surface area contributed by atoms with Gasteiger partial charge in [-0.15, -0.1) is 23.1 Å². The number of nitrogens with zero attached hydrogens (tertiary/aromatic N) is 1. The van der Waals surface area contributed by atoms with Crippen LogP contribution in [-0.2, 0) is 11.2 Å². The SMILES string of the molecule is CCc1cccc(N2C(=O)CS[C@H]2c2ccc(NC(=O)c3cccs3)cc2)c1. The fourth-order valence-electron chi connectivity index (χ4n) is 3.21. The largest absolute Gasteiger partial charge is 0.321 e. The van der Waals surface area contributed by atoms with Crippen LogP contribution in [0, 0.1) is 0 Å². The Kier molecular flexibility index (Phi) is 5.50. The first-order valence-electron chi connectivity index (χ1n) is 9.13. The van der Waals surface area contributed by atoms with Crippen molar-refractivity contribution in [2.75, 3.05) is 16.0 Å². The van der Waals surface area contributed by atoms with E-state index in [4.69, 9.17) is 0 Å². The summed E-state index contributed by atoms with van der Waals surface area (Å²) in [5.41, 5.74) is 3.95. The number of nitrogens with one attached hydrogen (secondary N) is 1. The Morgan fingerprint density at radius 3 is 2.68 bits per heavy atom. The first-order valence-corrected chi connectivity index (χ1v) is 11.1. The fourth-order valence-corrected chi connectivity index (χ4v) is 5.00. The Hall–Kier alpha value is -2.57. The second kappa shape index (κ2) is 8.20. The zero-order valence-corrected chi connectivity index (χ0v) is 17.1. The summed E-state index contributed by atoms with van der Waals surface area (Å²) in [6.45, 7) is 2.11. The second-order valence-electron chi connectivity index (χ2n) is 6.50. The Morgan fingerprint density at radius 1 is 1.14 bits per heavy atom. The van der Waals surface area contributed by atoms with Crippen LogP contribution >= 0.6 is 23.1 Å². The van der Waals surface area contributed by atoms with Crippen molar-refractivity contribution in [3.63, 3.8) is 0 Å². The molecule has 0 saturated carbocycles. The highest BCUT2D eigenvalue weighted by Crippen LogP contribution is 2.42. The molecule has 1 fully saturated rings. The summed E-state index contributed by atoms with van der Waals surface area (Å²) in [7, 11) is 0. The van der Waals surface area contributed by atoms with Crippen molar-refractivity contribution in [3.05, 3.63) is 82.0 Å². The van der Waals surface area contributed by atoms with Crippen molar-refractivity contribution in [1.82, 2.24) is 0 Å². The van der Waals surface area contributed by atoms with Crippen molar-refractivity contribution in [3.8, 4) is 0 Å². The van der Waals surface area contributed by atoms with Gasteiger partial charge in [0.05, 0.1) is 10.6 Å². The standard InChI is InChI=1S/C22H20N2O2S2/c1-2-15-5-3-6-18(13-15)24-20(25)14-28-22(24)16-8-10-17(11-9-16)23-21(26)19-7-4-12-27-19/h3-13,22H,2,14H2,1H3,(H,23,26)/t22-/m0/s1. The van der Waals surface area contributed by atoms with Gasteiger partial charge in [-0.25, -0.2) is 0 Å². The third-order valence-electron chi connectivity index (χ3n) is 4.66. The lowest BCUT2D eigenvalue weighted by atomic mass is 10.1. The van der Waals surface area contributed by atoms with Gasteiger partial charge in [0.15, 0.2) is 0 Å². The van der Waals surface area contributed by atoms with Crippen LogP contribution in [0.15, 0.2) is 66.0 Å². The summed E-state index contributed by atoms with van der Waals surface area (Å²) in [6, 6.07) is 19.6. The number of rotatable bonds is 5. The Labute approximate surface area is 172 Å². The predicted octanol–water partition coefficient (Wildman–Crippen LogP) is 5.34. The van der Waals surface area contributed by atoms with Crippen LogP contribution in [0.4, 0.5) is 11.4 Å². The Balaban J connectivity index is 1.54. The van der Waals surface area contributed by atoms with Crippen molar-refractivity contribution in [2.24, 2.45) is 0 Å². The van der Waals surface area contributed by atoms with E-state index in [0.717, 1.165) is 23.4 Å². The molecular formula is C22H20N2O2S2. The van der Waals surface area contributed by atoms with E-state index in [1.54, 1.807) is 17.8 Å². The molecule has 6 heteroatoms. The van der Waals surface area contributed by atoms with Crippen molar-refractivity contribution in [1.29, 1.82) is 0 Å². The molecule has 1 aliphatic heterocycles. The minimum Gasteiger partial charge on any atom is -0.321 e. The summed E-state index contributed by atoms with van der Waals surface area (Å²) >= 11 is 3.04. The predicted molar refractivity (Wildman–Crippen MR) is 117 cm³/mol. The van der Waals surface area contributed by atoms with E-state index in [0.29, 0.717) is 10.6 Å². The summed E-state index contributed by atoms with van der Waals surface area (Å²) < 4.78 is 0. The lowest BCUT2D eigenvalue weighted by Gasteiger charge is -2.25. The van der Waals surface area contributed by atoms with E-state index < -0.39 is 0 Å². The van der Waals surface area contributed by atoms with E-state index in [9.17, 15) is 9.59 Å². The van der Waals surface area contributed by atoms with Gasteiger partial charge in [-0.1, -0.05) is 37.3 Å². The molecule has 0 unspecified atom stereocenters. The zero-order valence-electron chi connectivity index (χ0n) is 15.4. The van der Waals surface area contributed by atoms with Crippen LogP contribution in [0.1, 0.15) is 33.1 Å². The van der Waals surface area contributed by atoms with Crippen LogP contribution in [0.3, 0.4) is 0 Å². The molecule has 2 heterocycles. The Morgan fingerprint density at radius 2 is 1.96 bits per heavy atom. The molecular weight excluding hydrogens is 388 g/mol. The van der Waals surface area contributed by atoms with Crippen molar-refractivity contribution < 1.29 is 9.59 Å². The highest BCUT2D eigenvalue weighted by Gasteiger charge is 2.34. The van der Waals surface area contributed by atoms with E-state index >= 15 is 0 Å². The quantitative estimate of drug-likeness (QED) is 0.620. The smallest absolute Gasteiger partial charge is 0.265 e. The maximum atomic E-state index is 12.6. The highest BCUT2D eigenvalue weighted by atomic mass is 32.2. The average Bonchev–Trinajstić information content (AvgIpc) is 3.39. The van der Waals surface area contributed by atoms with Gasteiger partial charge in [-0.05, 0) is 53.3 Å². The minimum absolute atomic E-state index is 0.0540. The third-order valence-corrected chi connectivity index (χ3v) is 6.74.